The van der Waals surface area contributed by atoms with Crippen molar-refractivity contribution in [3.63, 3.8) is 0 Å². The lowest BCUT2D eigenvalue weighted by Crippen LogP contribution is -2.22. The summed E-state index contributed by atoms with van der Waals surface area (Å²) in [6.07, 6.45) is -8.81. The van der Waals surface area contributed by atoms with Crippen molar-refractivity contribution in [2.75, 3.05) is 5.32 Å². The van der Waals surface area contributed by atoms with Crippen LogP contribution in [-0.4, -0.2) is 5.91 Å². The largest absolute Gasteiger partial charge is 0.416 e. The topological polar surface area (TPSA) is 29.1 Å². The molecule has 8 heteroatoms. The molecule has 0 aliphatic rings. The van der Waals surface area contributed by atoms with Crippen LogP contribution in [0.3, 0.4) is 0 Å². The third kappa shape index (κ3) is 5.24. The van der Waals surface area contributed by atoms with Crippen LogP contribution in [0.5, 0.6) is 0 Å². The van der Waals surface area contributed by atoms with Gasteiger partial charge in [-0.15, -0.1) is 0 Å². The summed E-state index contributed by atoms with van der Waals surface area (Å²) in [4.78, 5) is 12.1. The quantitative estimate of drug-likeness (QED) is 0.699. The highest BCUT2D eigenvalue weighted by molar-refractivity contribution is 5.92. The average molecular weight is 375 g/mol. The molecule has 140 valence electrons. The molecular formula is C18H15F6NO. The number of benzene rings is 2. The van der Waals surface area contributed by atoms with Gasteiger partial charge in [-0.2, -0.15) is 26.3 Å². The number of halogens is 6. The molecule has 26 heavy (non-hydrogen) atoms. The zero-order valence-corrected chi connectivity index (χ0v) is 13.6. The molecule has 0 saturated heterocycles. The van der Waals surface area contributed by atoms with Gasteiger partial charge in [0.25, 0.3) is 0 Å². The Morgan fingerprint density at radius 2 is 1.50 bits per heavy atom. The first kappa shape index (κ1) is 19.8. The molecule has 2 aromatic carbocycles. The molecule has 2 rings (SSSR count). The van der Waals surface area contributed by atoms with Gasteiger partial charge < -0.3 is 5.32 Å². The number of rotatable bonds is 4. The molecule has 1 amide bonds. The zero-order valence-electron chi connectivity index (χ0n) is 13.6. The van der Waals surface area contributed by atoms with Crippen LogP contribution in [0.1, 0.15) is 23.6 Å². The Bertz CT molecular complexity index is 764. The van der Waals surface area contributed by atoms with Crippen molar-refractivity contribution in [3.05, 3.63) is 65.2 Å². The lowest BCUT2D eigenvalue weighted by molar-refractivity contribution is -0.138. The highest BCUT2D eigenvalue weighted by Crippen LogP contribution is 2.31. The summed E-state index contributed by atoms with van der Waals surface area (Å²) < 4.78 is 75.6. The Hall–Kier alpha value is -2.51. The van der Waals surface area contributed by atoms with Gasteiger partial charge in [0.1, 0.15) is 0 Å². The van der Waals surface area contributed by atoms with Crippen LogP contribution in [0.15, 0.2) is 48.5 Å². The van der Waals surface area contributed by atoms with Crippen LogP contribution < -0.4 is 5.32 Å². The van der Waals surface area contributed by atoms with Crippen molar-refractivity contribution in [1.82, 2.24) is 0 Å². The van der Waals surface area contributed by atoms with Gasteiger partial charge in [-0.3, -0.25) is 4.79 Å². The van der Waals surface area contributed by atoms with E-state index in [1.165, 1.54) is 24.3 Å². The van der Waals surface area contributed by atoms with Gasteiger partial charge in [0.15, 0.2) is 0 Å². The number of amides is 1. The van der Waals surface area contributed by atoms with E-state index in [9.17, 15) is 31.1 Å². The van der Waals surface area contributed by atoms with Gasteiger partial charge in [0.2, 0.25) is 5.91 Å². The normalized spacial score (nSPS) is 13.3. The lowest BCUT2D eigenvalue weighted by atomic mass is 9.99. The fourth-order valence-electron chi connectivity index (χ4n) is 2.31. The summed E-state index contributed by atoms with van der Waals surface area (Å²) in [6.45, 7) is 1.54. The van der Waals surface area contributed by atoms with Crippen LogP contribution in [0, 0.1) is 5.92 Å². The number of carbonyl (C=O) groups excluding carboxylic acids is 1. The standard InChI is InChI=1S/C18H15F6NO/c1-11(9-12-5-7-13(8-6-12)17(19,20)21)16(26)25-15-4-2-3-14(10-15)18(22,23)24/h2-8,10-11H,9H2,1H3,(H,25,26). The first-order chi connectivity index (χ1) is 12.0. The summed E-state index contributed by atoms with van der Waals surface area (Å²) in [5, 5.41) is 2.39. The maximum Gasteiger partial charge on any atom is 0.416 e. The molecule has 2 aromatic rings. The minimum Gasteiger partial charge on any atom is -0.326 e. The van der Waals surface area contributed by atoms with E-state index in [0.717, 1.165) is 24.3 Å². The molecule has 0 aliphatic carbocycles. The zero-order chi connectivity index (χ0) is 19.5. The molecule has 0 bridgehead atoms. The van der Waals surface area contributed by atoms with E-state index < -0.39 is 35.3 Å². The molecule has 1 N–H and O–H groups in total. The number of hydrogen-bond acceptors (Lipinski definition) is 1. The van der Waals surface area contributed by atoms with Crippen molar-refractivity contribution in [2.24, 2.45) is 5.92 Å². The van der Waals surface area contributed by atoms with Crippen LogP contribution in [0.2, 0.25) is 0 Å². The Morgan fingerprint density at radius 1 is 0.923 bits per heavy atom. The van der Waals surface area contributed by atoms with Gasteiger partial charge in [-0.05, 0) is 42.3 Å². The van der Waals surface area contributed by atoms with Gasteiger partial charge in [0, 0.05) is 11.6 Å². The number of anilines is 1. The lowest BCUT2D eigenvalue weighted by Gasteiger charge is -2.14. The minimum atomic E-state index is -4.52. The van der Waals surface area contributed by atoms with Crippen LogP contribution in [0.25, 0.3) is 0 Å². The molecule has 1 atom stereocenters. The molecule has 0 spiro atoms. The van der Waals surface area contributed by atoms with Crippen LogP contribution in [0.4, 0.5) is 32.0 Å². The monoisotopic (exact) mass is 375 g/mol. The third-order valence-electron chi connectivity index (χ3n) is 3.73. The maximum absolute atomic E-state index is 12.7. The first-order valence-corrected chi connectivity index (χ1v) is 7.61. The molecule has 0 heterocycles. The fourth-order valence-corrected chi connectivity index (χ4v) is 2.31. The van der Waals surface area contributed by atoms with E-state index in [2.05, 4.69) is 5.32 Å². The van der Waals surface area contributed by atoms with Gasteiger partial charge >= 0.3 is 12.4 Å². The van der Waals surface area contributed by atoms with E-state index in [1.807, 2.05) is 0 Å². The number of hydrogen-bond donors (Lipinski definition) is 1. The molecule has 1 unspecified atom stereocenters. The highest BCUT2D eigenvalue weighted by atomic mass is 19.4. The molecular weight excluding hydrogens is 360 g/mol. The van der Waals surface area contributed by atoms with E-state index in [4.69, 9.17) is 0 Å². The molecule has 0 saturated carbocycles. The van der Waals surface area contributed by atoms with E-state index in [0.29, 0.717) is 5.56 Å². The predicted molar refractivity (Wildman–Crippen MR) is 84.4 cm³/mol. The number of alkyl halides is 6. The maximum atomic E-state index is 12.7. The predicted octanol–water partition coefficient (Wildman–Crippen LogP) is 5.54. The summed E-state index contributed by atoms with van der Waals surface area (Å²) in [6, 6.07) is 8.62. The highest BCUT2D eigenvalue weighted by Gasteiger charge is 2.31. The second-order valence-corrected chi connectivity index (χ2v) is 5.87. The summed E-state index contributed by atoms with van der Waals surface area (Å²) in [5.41, 5.74) is -1.15. The minimum absolute atomic E-state index is 0.00379. The Kier molecular flexibility index (Phi) is 5.63. The van der Waals surface area contributed by atoms with E-state index >= 15 is 0 Å². The summed E-state index contributed by atoms with van der Waals surface area (Å²) in [5.74, 6) is -1.16. The number of nitrogens with one attached hydrogen (secondary N) is 1. The summed E-state index contributed by atoms with van der Waals surface area (Å²) in [7, 11) is 0. The van der Waals surface area contributed by atoms with Crippen molar-refractivity contribution in [2.45, 2.75) is 25.7 Å². The van der Waals surface area contributed by atoms with Crippen molar-refractivity contribution < 1.29 is 31.1 Å². The summed E-state index contributed by atoms with van der Waals surface area (Å²) >= 11 is 0. The Morgan fingerprint density at radius 3 is 2.04 bits per heavy atom. The molecule has 0 aliphatic heterocycles. The SMILES string of the molecule is CC(Cc1ccc(C(F)(F)F)cc1)C(=O)Nc1cccc(C(F)(F)F)c1. The Labute approximate surface area is 145 Å². The second-order valence-electron chi connectivity index (χ2n) is 5.87. The molecule has 2 nitrogen and oxygen atoms in total. The fraction of sp³-hybridized carbons (Fsp3) is 0.278. The third-order valence-corrected chi connectivity index (χ3v) is 3.73. The van der Waals surface area contributed by atoms with Gasteiger partial charge in [0.05, 0.1) is 11.1 Å². The number of carbonyl (C=O) groups is 1. The van der Waals surface area contributed by atoms with Crippen LogP contribution in [-0.2, 0) is 23.6 Å². The smallest absolute Gasteiger partial charge is 0.326 e. The van der Waals surface area contributed by atoms with Crippen molar-refractivity contribution in [1.29, 1.82) is 0 Å². The second kappa shape index (κ2) is 7.39. The Balaban J connectivity index is 2.02. The van der Waals surface area contributed by atoms with Crippen molar-refractivity contribution >= 4 is 11.6 Å². The first-order valence-electron chi connectivity index (χ1n) is 7.61. The average Bonchev–Trinajstić information content (AvgIpc) is 2.54. The van der Waals surface area contributed by atoms with E-state index in [-0.39, 0.29) is 12.1 Å². The molecule has 0 aromatic heterocycles. The molecule has 0 fully saturated rings. The molecule has 0 radical (unpaired) electrons. The van der Waals surface area contributed by atoms with Gasteiger partial charge in [-0.25, -0.2) is 0 Å². The van der Waals surface area contributed by atoms with Gasteiger partial charge in [-0.1, -0.05) is 25.1 Å². The van der Waals surface area contributed by atoms with E-state index in [1.54, 1.807) is 6.92 Å². The van der Waals surface area contributed by atoms with Crippen LogP contribution >= 0.6 is 0 Å². The van der Waals surface area contributed by atoms with Crippen molar-refractivity contribution in [3.8, 4) is 0 Å².